The third-order valence-electron chi connectivity index (χ3n) is 11.2. The Hall–Kier alpha value is -4.95. The van der Waals surface area contributed by atoms with E-state index in [1.54, 1.807) is 50.2 Å². The first-order chi connectivity index (χ1) is 24.9. The zero-order chi connectivity index (χ0) is 39.1. The van der Waals surface area contributed by atoms with Crippen LogP contribution in [0.3, 0.4) is 0 Å². The summed E-state index contributed by atoms with van der Waals surface area (Å²) in [6.07, 6.45) is -8.79. The molecule has 10 atom stereocenters. The van der Waals surface area contributed by atoms with Crippen LogP contribution in [-0.2, 0) is 47.7 Å². The molecule has 3 aliphatic carbocycles. The lowest BCUT2D eigenvalue weighted by atomic mass is 9.38. The number of carbonyl (C=O) groups is 7. The fourth-order valence-electron chi connectivity index (χ4n) is 9.18. The Labute approximate surface area is 306 Å². The van der Waals surface area contributed by atoms with Crippen LogP contribution in [0.4, 0.5) is 0 Å². The fraction of sp³-hybridized carbons (Fsp3) is 0.513. The minimum atomic E-state index is -2.87. The van der Waals surface area contributed by atoms with Gasteiger partial charge in [0.15, 0.2) is 23.6 Å². The maximum absolute atomic E-state index is 14.7. The third-order valence-corrected chi connectivity index (χ3v) is 11.2. The van der Waals surface area contributed by atoms with E-state index in [0.717, 1.165) is 20.8 Å². The molecule has 14 heteroatoms. The third kappa shape index (κ3) is 6.63. The summed E-state index contributed by atoms with van der Waals surface area (Å²) in [4.78, 5) is 93.4. The van der Waals surface area contributed by atoms with E-state index in [1.165, 1.54) is 31.2 Å². The zero-order valence-corrected chi connectivity index (χ0v) is 30.3. The Balaban J connectivity index is 1.86. The van der Waals surface area contributed by atoms with E-state index in [1.807, 2.05) is 0 Å². The van der Waals surface area contributed by atoms with Crippen LogP contribution in [0.1, 0.15) is 75.1 Å². The number of ketones is 1. The molecule has 0 aromatic heterocycles. The van der Waals surface area contributed by atoms with Gasteiger partial charge in [-0.15, -0.1) is 0 Å². The molecule has 0 spiro atoms. The molecule has 14 nitrogen and oxygen atoms in total. The second-order valence-electron chi connectivity index (χ2n) is 15.0. The van der Waals surface area contributed by atoms with Gasteiger partial charge in [-0.05, 0) is 43.5 Å². The molecule has 3 unspecified atom stereocenters. The van der Waals surface area contributed by atoms with E-state index < -0.39 is 119 Å². The van der Waals surface area contributed by atoms with Crippen LogP contribution in [0.15, 0.2) is 60.7 Å². The molecule has 3 aliphatic rings. The van der Waals surface area contributed by atoms with Crippen molar-refractivity contribution in [2.45, 2.75) is 90.5 Å². The predicted octanol–water partition coefficient (Wildman–Crippen LogP) is 2.80. The molecular formula is C39H44O14. The number of aldehydes is 1. The van der Waals surface area contributed by atoms with Gasteiger partial charge in [0.25, 0.3) is 0 Å². The smallest absolute Gasteiger partial charge is 0.338 e. The molecule has 53 heavy (non-hydrogen) atoms. The van der Waals surface area contributed by atoms with Crippen LogP contribution >= 0.6 is 0 Å². The highest BCUT2D eigenvalue weighted by molar-refractivity contribution is 6.05. The molecule has 3 saturated carbocycles. The van der Waals surface area contributed by atoms with Gasteiger partial charge in [0, 0.05) is 43.9 Å². The van der Waals surface area contributed by atoms with Crippen LogP contribution < -0.4 is 0 Å². The molecule has 284 valence electrons. The first-order valence-electron chi connectivity index (χ1n) is 17.3. The highest BCUT2D eigenvalue weighted by Gasteiger charge is 2.80. The van der Waals surface area contributed by atoms with Crippen molar-refractivity contribution < 1.29 is 67.5 Å². The quantitative estimate of drug-likeness (QED) is 0.164. The molecule has 0 heterocycles. The van der Waals surface area contributed by atoms with Gasteiger partial charge in [-0.3, -0.25) is 19.2 Å². The number of esters is 5. The van der Waals surface area contributed by atoms with E-state index in [-0.39, 0.29) is 11.1 Å². The molecular weight excluding hydrogens is 692 g/mol. The average molecular weight is 737 g/mol. The Kier molecular flexibility index (Phi) is 10.7. The van der Waals surface area contributed by atoms with Crippen molar-refractivity contribution >= 4 is 41.9 Å². The summed E-state index contributed by atoms with van der Waals surface area (Å²) >= 11 is 0. The van der Waals surface area contributed by atoms with Gasteiger partial charge in [-0.1, -0.05) is 50.2 Å². The summed E-state index contributed by atoms with van der Waals surface area (Å²) in [6.45, 7) is 6.76. The SMILES string of the molecule is CC(=O)O[C@H]1[C@@H](OC(C)=O)C(C)(C)C2C[C@@H](OC(C)=O)[C@@]3(O)C(=O)[C@@](C)(C=O)CC(OC(=O)c4ccccc4)C3[C@@]2(CO)[C@H]1OC(=O)c1ccccc1. The van der Waals surface area contributed by atoms with Crippen molar-refractivity contribution in [1.82, 2.24) is 0 Å². The number of rotatable bonds is 9. The zero-order valence-electron chi connectivity index (χ0n) is 30.3. The Morgan fingerprint density at radius 1 is 0.755 bits per heavy atom. The lowest BCUT2D eigenvalue weighted by Gasteiger charge is -2.69. The second-order valence-corrected chi connectivity index (χ2v) is 15.0. The standard InChI is InChI=1S/C39H44O14/c1-21(42)49-28-17-27-36(4,5)31(51-23(3)44)29(50-22(2)43)32(53-34(46)25-15-11-8-12-16-25)38(27,20-41)30-26(52-33(45)24-13-9-7-10-14-24)18-37(6,19-40)35(47)39(28,30)48/h7-16,19,26-32,41,48H,17-18,20H2,1-6H3/t26?,27?,28-,29+,30?,31-,32+,37-,38+,39+/m1/s1. The highest BCUT2D eigenvalue weighted by Crippen LogP contribution is 2.67. The molecule has 0 saturated heterocycles. The number of Topliss-reactive ketones (excluding diaryl/α,β-unsaturated/α-hetero) is 1. The molecule has 5 rings (SSSR count). The van der Waals surface area contributed by atoms with E-state index in [0.29, 0.717) is 6.29 Å². The Morgan fingerprint density at radius 3 is 1.74 bits per heavy atom. The Bertz CT molecular complexity index is 1770. The first-order valence-corrected chi connectivity index (χ1v) is 17.3. The van der Waals surface area contributed by atoms with Crippen LogP contribution in [0.2, 0.25) is 0 Å². The molecule has 3 fully saturated rings. The Morgan fingerprint density at radius 2 is 1.26 bits per heavy atom. The summed E-state index contributed by atoms with van der Waals surface area (Å²) in [5.74, 6) is -8.46. The molecule has 2 aromatic carbocycles. The summed E-state index contributed by atoms with van der Waals surface area (Å²) in [7, 11) is 0. The number of hydrogen-bond donors (Lipinski definition) is 2. The lowest BCUT2D eigenvalue weighted by Crippen LogP contribution is -2.82. The number of fused-ring (bicyclic) bond motifs is 3. The van der Waals surface area contributed by atoms with Gasteiger partial charge in [0.05, 0.1) is 23.1 Å². The van der Waals surface area contributed by atoms with Gasteiger partial charge in [-0.25, -0.2) is 9.59 Å². The minimum absolute atomic E-state index is 0.0387. The van der Waals surface area contributed by atoms with Crippen LogP contribution in [-0.4, -0.2) is 94.9 Å². The number of ether oxygens (including phenoxy) is 5. The first kappa shape index (κ1) is 39.3. The molecule has 0 aliphatic heterocycles. The summed E-state index contributed by atoms with van der Waals surface area (Å²) in [6, 6.07) is 15.4. The lowest BCUT2D eigenvalue weighted by molar-refractivity contribution is -0.325. The number of benzene rings is 2. The van der Waals surface area contributed by atoms with Crippen molar-refractivity contribution in [2.75, 3.05) is 6.61 Å². The highest BCUT2D eigenvalue weighted by atomic mass is 16.6. The number of aliphatic hydroxyl groups excluding tert-OH is 1. The maximum Gasteiger partial charge on any atom is 0.338 e. The number of aliphatic hydroxyl groups is 2. The number of carbonyl (C=O) groups excluding carboxylic acids is 7. The van der Waals surface area contributed by atoms with Crippen molar-refractivity contribution in [3.05, 3.63) is 71.8 Å². The van der Waals surface area contributed by atoms with Gasteiger partial charge >= 0.3 is 29.8 Å². The van der Waals surface area contributed by atoms with Crippen LogP contribution in [0.25, 0.3) is 0 Å². The van der Waals surface area contributed by atoms with E-state index in [4.69, 9.17) is 23.7 Å². The van der Waals surface area contributed by atoms with Crippen molar-refractivity contribution in [3.63, 3.8) is 0 Å². The van der Waals surface area contributed by atoms with Crippen LogP contribution in [0.5, 0.6) is 0 Å². The topological polar surface area (TPSA) is 206 Å². The molecule has 0 radical (unpaired) electrons. The summed E-state index contributed by atoms with van der Waals surface area (Å²) in [5.41, 5.74) is -8.24. The normalized spacial score (nSPS) is 34.3. The maximum atomic E-state index is 14.7. The molecule has 0 amide bonds. The van der Waals surface area contributed by atoms with Gasteiger partial charge in [0.2, 0.25) is 0 Å². The van der Waals surface area contributed by atoms with Crippen molar-refractivity contribution in [1.29, 1.82) is 0 Å². The largest absolute Gasteiger partial charge is 0.459 e. The van der Waals surface area contributed by atoms with Crippen molar-refractivity contribution in [3.8, 4) is 0 Å². The van der Waals surface area contributed by atoms with E-state index >= 15 is 0 Å². The van der Waals surface area contributed by atoms with Gasteiger partial charge < -0.3 is 38.7 Å². The fourth-order valence-corrected chi connectivity index (χ4v) is 9.18. The predicted molar refractivity (Wildman–Crippen MR) is 182 cm³/mol. The van der Waals surface area contributed by atoms with E-state index in [2.05, 4.69) is 0 Å². The average Bonchev–Trinajstić information content (AvgIpc) is 3.11. The van der Waals surface area contributed by atoms with E-state index in [9.17, 15) is 43.8 Å². The van der Waals surface area contributed by atoms with Gasteiger partial charge in [0.1, 0.15) is 24.6 Å². The van der Waals surface area contributed by atoms with Gasteiger partial charge in [-0.2, -0.15) is 0 Å². The summed E-state index contributed by atoms with van der Waals surface area (Å²) < 4.78 is 29.6. The minimum Gasteiger partial charge on any atom is -0.459 e. The molecule has 0 bridgehead atoms. The summed E-state index contributed by atoms with van der Waals surface area (Å²) in [5, 5.41) is 24.9. The van der Waals surface area contributed by atoms with Crippen molar-refractivity contribution in [2.24, 2.45) is 28.1 Å². The molecule has 2 N–H and O–H groups in total. The van der Waals surface area contributed by atoms with Crippen LogP contribution in [0, 0.1) is 28.1 Å². The number of hydrogen-bond acceptors (Lipinski definition) is 14. The second kappa shape index (κ2) is 14.5. The monoisotopic (exact) mass is 736 g/mol. The molecule has 2 aromatic rings.